The van der Waals surface area contributed by atoms with Gasteiger partial charge in [0, 0.05) is 8.59 Å². The highest BCUT2D eigenvalue weighted by atomic mass is 127. The summed E-state index contributed by atoms with van der Waals surface area (Å²) in [6.07, 6.45) is 0.296. The molecule has 2 amide bonds. The predicted molar refractivity (Wildman–Crippen MR) is 74.6 cm³/mol. The zero-order chi connectivity index (χ0) is 12.9. The van der Waals surface area contributed by atoms with Crippen molar-refractivity contribution in [2.24, 2.45) is 0 Å². The highest BCUT2D eigenvalue weighted by Gasteiger charge is 2.47. The molecule has 6 heteroatoms. The number of ether oxygens (including phenoxy) is 1. The van der Waals surface area contributed by atoms with Crippen molar-refractivity contribution in [2.45, 2.75) is 25.0 Å². The van der Waals surface area contributed by atoms with Gasteiger partial charge in [-0.25, -0.2) is 4.90 Å². The van der Waals surface area contributed by atoms with E-state index in [-0.39, 0.29) is 11.8 Å². The van der Waals surface area contributed by atoms with Crippen LogP contribution < -0.4 is 4.90 Å². The number of benzene rings is 1. The number of carbonyl (C=O) groups is 2. The number of hydrogen-bond acceptors (Lipinski definition) is 3. The summed E-state index contributed by atoms with van der Waals surface area (Å²) in [5.41, 5.74) is 0.593. The number of carbonyl (C=O) groups excluding carboxylic acids is 2. The summed E-state index contributed by atoms with van der Waals surface area (Å²) < 4.78 is 6.15. The van der Waals surface area contributed by atoms with E-state index in [0.717, 1.165) is 3.57 Å². The Balaban J connectivity index is 2.05. The number of imide groups is 1. The molecule has 0 radical (unpaired) electrons. The van der Waals surface area contributed by atoms with E-state index in [1.54, 1.807) is 18.2 Å². The minimum Gasteiger partial charge on any atom is -0.355 e. The monoisotopic (exact) mass is 377 g/mol. The fourth-order valence-corrected chi connectivity index (χ4v) is 3.41. The van der Waals surface area contributed by atoms with Crippen LogP contribution in [0.4, 0.5) is 5.69 Å². The molecular weight excluding hydrogens is 368 g/mol. The van der Waals surface area contributed by atoms with Crippen LogP contribution >= 0.6 is 34.2 Å². The van der Waals surface area contributed by atoms with Crippen molar-refractivity contribution in [3.63, 3.8) is 0 Å². The van der Waals surface area contributed by atoms with Gasteiger partial charge in [0.05, 0.1) is 5.69 Å². The normalized spacial score (nSPS) is 26.9. The van der Waals surface area contributed by atoms with E-state index >= 15 is 0 Å². The molecule has 2 atom stereocenters. The molecule has 3 rings (SSSR count). The molecule has 0 aromatic heterocycles. The second-order valence-electron chi connectivity index (χ2n) is 4.30. The lowest BCUT2D eigenvalue weighted by Gasteiger charge is -2.30. The number of fused-ring (bicyclic) bond motifs is 2. The van der Waals surface area contributed by atoms with Gasteiger partial charge in [0.15, 0.2) is 0 Å². The summed E-state index contributed by atoms with van der Waals surface area (Å²) in [5.74, 6) is -0.539. The van der Waals surface area contributed by atoms with E-state index in [4.69, 9.17) is 16.3 Å². The first kappa shape index (κ1) is 12.4. The van der Waals surface area contributed by atoms with Gasteiger partial charge in [0.1, 0.15) is 12.2 Å². The van der Waals surface area contributed by atoms with Crippen LogP contribution in [0.1, 0.15) is 12.8 Å². The number of rotatable bonds is 1. The highest BCUT2D eigenvalue weighted by molar-refractivity contribution is 14.1. The van der Waals surface area contributed by atoms with Crippen molar-refractivity contribution in [3.8, 4) is 0 Å². The third-order valence-corrected chi connectivity index (χ3v) is 4.26. The second-order valence-corrected chi connectivity index (χ2v) is 5.90. The average Bonchev–Trinajstić information content (AvgIpc) is 2.76. The van der Waals surface area contributed by atoms with Crippen LogP contribution in [0.5, 0.6) is 0 Å². The van der Waals surface area contributed by atoms with Crippen molar-refractivity contribution >= 4 is 51.7 Å². The summed E-state index contributed by atoms with van der Waals surface area (Å²) in [5, 5.41) is 0.583. The molecule has 1 aromatic rings. The largest absolute Gasteiger partial charge is 0.355 e. The summed E-state index contributed by atoms with van der Waals surface area (Å²) in [7, 11) is 0. The van der Waals surface area contributed by atoms with Crippen LogP contribution in [0.25, 0.3) is 0 Å². The van der Waals surface area contributed by atoms with Gasteiger partial charge in [-0.1, -0.05) is 11.6 Å². The molecular formula is C12H9ClINO3. The zero-order valence-electron chi connectivity index (χ0n) is 9.23. The van der Waals surface area contributed by atoms with Gasteiger partial charge in [-0.2, -0.15) is 0 Å². The topological polar surface area (TPSA) is 46.6 Å². The SMILES string of the molecule is O=C1C2CCC(O2)C(=O)N1c1ccc(Cl)cc1I. The standard InChI is InChI=1S/C12H9ClINO3/c13-6-1-2-8(7(14)5-6)15-11(16)9-3-4-10(18-9)12(15)17/h1-2,5,9-10H,3-4H2. The molecule has 0 saturated carbocycles. The molecule has 2 saturated heterocycles. The van der Waals surface area contributed by atoms with Gasteiger partial charge in [0.25, 0.3) is 11.8 Å². The summed E-state index contributed by atoms with van der Waals surface area (Å²) >= 11 is 7.95. The van der Waals surface area contributed by atoms with Crippen LogP contribution in [0, 0.1) is 3.57 Å². The van der Waals surface area contributed by atoms with E-state index < -0.39 is 12.2 Å². The van der Waals surface area contributed by atoms with E-state index in [9.17, 15) is 9.59 Å². The van der Waals surface area contributed by atoms with Gasteiger partial charge in [-0.15, -0.1) is 0 Å². The molecule has 4 nitrogen and oxygen atoms in total. The van der Waals surface area contributed by atoms with Crippen molar-refractivity contribution in [1.82, 2.24) is 0 Å². The van der Waals surface area contributed by atoms with Crippen LogP contribution in [-0.2, 0) is 14.3 Å². The highest BCUT2D eigenvalue weighted by Crippen LogP contribution is 2.34. The predicted octanol–water partition coefficient (Wildman–Crippen LogP) is 2.37. The van der Waals surface area contributed by atoms with Crippen molar-refractivity contribution in [2.75, 3.05) is 4.90 Å². The second kappa shape index (κ2) is 4.47. The zero-order valence-corrected chi connectivity index (χ0v) is 12.1. The molecule has 2 heterocycles. The fourth-order valence-electron chi connectivity index (χ4n) is 2.30. The lowest BCUT2D eigenvalue weighted by Crippen LogP contribution is -2.52. The molecule has 0 aliphatic carbocycles. The number of amides is 2. The summed E-state index contributed by atoms with van der Waals surface area (Å²) in [6, 6.07) is 5.11. The number of nitrogens with zero attached hydrogens (tertiary/aromatic N) is 1. The van der Waals surface area contributed by atoms with Crippen LogP contribution in [0.2, 0.25) is 5.02 Å². The Morgan fingerprint density at radius 3 is 2.39 bits per heavy atom. The Hall–Kier alpha value is -0.660. The first-order valence-corrected chi connectivity index (χ1v) is 7.02. The third-order valence-electron chi connectivity index (χ3n) is 3.16. The van der Waals surface area contributed by atoms with E-state index in [1.807, 2.05) is 0 Å². The summed E-state index contributed by atoms with van der Waals surface area (Å²) in [6.45, 7) is 0. The minimum atomic E-state index is -0.473. The van der Waals surface area contributed by atoms with Gasteiger partial charge in [0.2, 0.25) is 0 Å². The Bertz CT molecular complexity index is 526. The number of hydrogen-bond donors (Lipinski definition) is 0. The molecule has 2 bridgehead atoms. The van der Waals surface area contributed by atoms with Crippen LogP contribution in [-0.4, -0.2) is 24.0 Å². The molecule has 0 spiro atoms. The smallest absolute Gasteiger partial charge is 0.263 e. The lowest BCUT2D eigenvalue weighted by molar-refractivity contribution is -0.146. The quantitative estimate of drug-likeness (QED) is 0.558. The van der Waals surface area contributed by atoms with E-state index in [2.05, 4.69) is 22.6 Å². The maximum absolute atomic E-state index is 12.2. The number of anilines is 1. The van der Waals surface area contributed by atoms with Gasteiger partial charge in [-0.3, -0.25) is 9.59 Å². The first-order valence-electron chi connectivity index (χ1n) is 5.56. The molecule has 2 aliphatic heterocycles. The number of morpholine rings is 1. The van der Waals surface area contributed by atoms with Gasteiger partial charge >= 0.3 is 0 Å². The Morgan fingerprint density at radius 2 is 1.83 bits per heavy atom. The third kappa shape index (κ3) is 1.85. The Labute approximate surface area is 122 Å². The maximum Gasteiger partial charge on any atom is 0.263 e. The van der Waals surface area contributed by atoms with E-state index in [1.165, 1.54) is 4.90 Å². The van der Waals surface area contributed by atoms with E-state index in [0.29, 0.717) is 23.6 Å². The van der Waals surface area contributed by atoms with Crippen LogP contribution in [0.15, 0.2) is 18.2 Å². The molecule has 94 valence electrons. The number of halogens is 2. The molecule has 2 aliphatic rings. The fraction of sp³-hybridized carbons (Fsp3) is 0.333. The average molecular weight is 378 g/mol. The molecule has 0 N–H and O–H groups in total. The summed E-state index contributed by atoms with van der Waals surface area (Å²) in [4.78, 5) is 25.6. The maximum atomic E-state index is 12.2. The van der Waals surface area contributed by atoms with Gasteiger partial charge in [-0.05, 0) is 53.6 Å². The van der Waals surface area contributed by atoms with Crippen molar-refractivity contribution in [3.05, 3.63) is 26.8 Å². The van der Waals surface area contributed by atoms with Crippen LogP contribution in [0.3, 0.4) is 0 Å². The van der Waals surface area contributed by atoms with Crippen molar-refractivity contribution < 1.29 is 14.3 Å². The van der Waals surface area contributed by atoms with Crippen molar-refractivity contribution in [1.29, 1.82) is 0 Å². The molecule has 18 heavy (non-hydrogen) atoms. The molecule has 1 aromatic carbocycles. The first-order chi connectivity index (χ1) is 8.58. The molecule has 2 fully saturated rings. The Morgan fingerprint density at radius 1 is 1.22 bits per heavy atom. The Kier molecular flexibility index (Phi) is 3.07. The minimum absolute atomic E-state index is 0.269. The van der Waals surface area contributed by atoms with Gasteiger partial charge < -0.3 is 4.74 Å². The lowest BCUT2D eigenvalue weighted by atomic mass is 10.2. The molecule has 2 unspecified atom stereocenters.